The highest BCUT2D eigenvalue weighted by atomic mass is 16.5. The first-order valence-electron chi connectivity index (χ1n) is 6.22. The van der Waals surface area contributed by atoms with Crippen LogP contribution in [0.5, 0.6) is 0 Å². The van der Waals surface area contributed by atoms with E-state index in [1.54, 1.807) is 19.1 Å². The van der Waals surface area contributed by atoms with Crippen LogP contribution in [-0.4, -0.2) is 35.3 Å². The van der Waals surface area contributed by atoms with Crippen LogP contribution >= 0.6 is 0 Å². The van der Waals surface area contributed by atoms with Crippen molar-refractivity contribution in [3.8, 4) is 0 Å². The SMILES string of the molecule is Cc1cc(C(=O)O)cc(NCCC2CCCO2)n1. The van der Waals surface area contributed by atoms with Crippen molar-refractivity contribution in [1.82, 2.24) is 4.98 Å². The minimum absolute atomic E-state index is 0.266. The van der Waals surface area contributed by atoms with Crippen LogP contribution in [0.15, 0.2) is 12.1 Å². The van der Waals surface area contributed by atoms with Crippen LogP contribution in [0.2, 0.25) is 0 Å². The Morgan fingerprint density at radius 3 is 3.11 bits per heavy atom. The summed E-state index contributed by atoms with van der Waals surface area (Å²) in [6.07, 6.45) is 3.51. The molecule has 1 atom stereocenters. The highest BCUT2D eigenvalue weighted by Gasteiger charge is 2.14. The maximum Gasteiger partial charge on any atom is 0.335 e. The Balaban J connectivity index is 1.89. The van der Waals surface area contributed by atoms with Gasteiger partial charge in [0.05, 0.1) is 11.7 Å². The Bertz CT molecular complexity index is 428. The van der Waals surface area contributed by atoms with Crippen molar-refractivity contribution in [2.75, 3.05) is 18.5 Å². The number of pyridine rings is 1. The van der Waals surface area contributed by atoms with E-state index in [-0.39, 0.29) is 5.56 Å². The molecule has 2 N–H and O–H groups in total. The summed E-state index contributed by atoms with van der Waals surface area (Å²) in [6, 6.07) is 3.12. The number of aromatic carboxylic acids is 1. The summed E-state index contributed by atoms with van der Waals surface area (Å²) in [5.41, 5.74) is 0.969. The number of ether oxygens (including phenoxy) is 1. The quantitative estimate of drug-likeness (QED) is 0.837. The second kappa shape index (κ2) is 5.82. The molecule has 0 amide bonds. The molecule has 5 heteroatoms. The number of nitrogens with zero attached hydrogens (tertiary/aromatic N) is 1. The van der Waals surface area contributed by atoms with Crippen molar-refractivity contribution in [2.45, 2.75) is 32.3 Å². The molecule has 18 heavy (non-hydrogen) atoms. The van der Waals surface area contributed by atoms with E-state index in [1.165, 1.54) is 0 Å². The van der Waals surface area contributed by atoms with Gasteiger partial charge in [-0.1, -0.05) is 0 Å². The number of hydrogen-bond donors (Lipinski definition) is 2. The fourth-order valence-corrected chi connectivity index (χ4v) is 2.12. The molecule has 1 fully saturated rings. The summed E-state index contributed by atoms with van der Waals surface area (Å²) in [7, 11) is 0. The number of aryl methyl sites for hydroxylation is 1. The molecule has 1 unspecified atom stereocenters. The number of carbonyl (C=O) groups is 1. The molecule has 1 aromatic heterocycles. The Morgan fingerprint density at radius 2 is 2.44 bits per heavy atom. The highest BCUT2D eigenvalue weighted by molar-refractivity contribution is 5.88. The molecule has 1 saturated heterocycles. The average molecular weight is 250 g/mol. The van der Waals surface area contributed by atoms with Gasteiger partial charge in [0.25, 0.3) is 0 Å². The minimum atomic E-state index is -0.928. The van der Waals surface area contributed by atoms with Crippen LogP contribution < -0.4 is 5.32 Å². The average Bonchev–Trinajstić information content (AvgIpc) is 2.81. The monoisotopic (exact) mass is 250 g/mol. The van der Waals surface area contributed by atoms with Crippen LogP contribution in [-0.2, 0) is 4.74 Å². The standard InChI is InChI=1S/C13H18N2O3/c1-9-7-10(13(16)17)8-12(15-9)14-5-4-11-3-2-6-18-11/h7-8,11H,2-6H2,1H3,(H,14,15)(H,16,17). The number of hydrogen-bond acceptors (Lipinski definition) is 4. The number of carboxylic acid groups (broad SMARTS) is 1. The van der Waals surface area contributed by atoms with E-state index >= 15 is 0 Å². The van der Waals surface area contributed by atoms with Crippen molar-refractivity contribution < 1.29 is 14.6 Å². The minimum Gasteiger partial charge on any atom is -0.478 e. The van der Waals surface area contributed by atoms with Crippen LogP contribution in [0.25, 0.3) is 0 Å². The summed E-state index contributed by atoms with van der Waals surface area (Å²) >= 11 is 0. The van der Waals surface area contributed by atoms with E-state index in [1.807, 2.05) is 0 Å². The van der Waals surface area contributed by atoms with Crippen molar-refractivity contribution in [1.29, 1.82) is 0 Å². The molecular weight excluding hydrogens is 232 g/mol. The smallest absolute Gasteiger partial charge is 0.335 e. The first-order chi connectivity index (χ1) is 8.65. The molecule has 0 spiro atoms. The van der Waals surface area contributed by atoms with E-state index in [0.717, 1.165) is 32.4 Å². The summed E-state index contributed by atoms with van der Waals surface area (Å²) < 4.78 is 5.52. The largest absolute Gasteiger partial charge is 0.478 e. The molecule has 0 bridgehead atoms. The van der Waals surface area contributed by atoms with E-state index in [2.05, 4.69) is 10.3 Å². The molecular formula is C13H18N2O3. The third-order valence-electron chi connectivity index (χ3n) is 3.00. The summed E-state index contributed by atoms with van der Waals surface area (Å²) in [5, 5.41) is 12.1. The molecule has 0 radical (unpaired) electrons. The van der Waals surface area contributed by atoms with Gasteiger partial charge in [0.15, 0.2) is 0 Å². The first-order valence-corrected chi connectivity index (χ1v) is 6.22. The zero-order valence-corrected chi connectivity index (χ0v) is 10.5. The number of nitrogens with one attached hydrogen (secondary N) is 1. The first kappa shape index (κ1) is 12.8. The summed E-state index contributed by atoms with van der Waals surface area (Å²) in [5.74, 6) is -0.312. The molecule has 5 nitrogen and oxygen atoms in total. The fraction of sp³-hybridized carbons (Fsp3) is 0.538. The van der Waals surface area contributed by atoms with Gasteiger partial charge >= 0.3 is 5.97 Å². The van der Waals surface area contributed by atoms with E-state index in [0.29, 0.717) is 17.6 Å². The lowest BCUT2D eigenvalue weighted by Gasteiger charge is -2.11. The van der Waals surface area contributed by atoms with Gasteiger partial charge in [0.1, 0.15) is 5.82 Å². The molecule has 1 aliphatic rings. The maximum atomic E-state index is 10.9. The van der Waals surface area contributed by atoms with E-state index < -0.39 is 5.97 Å². The lowest BCUT2D eigenvalue weighted by Crippen LogP contribution is -2.13. The van der Waals surface area contributed by atoms with Crippen LogP contribution in [0.3, 0.4) is 0 Å². The maximum absolute atomic E-state index is 10.9. The Hall–Kier alpha value is -1.62. The van der Waals surface area contributed by atoms with Gasteiger partial charge in [0.2, 0.25) is 0 Å². The molecule has 0 saturated carbocycles. The normalized spacial score (nSPS) is 18.8. The van der Waals surface area contributed by atoms with Crippen molar-refractivity contribution in [3.05, 3.63) is 23.4 Å². The van der Waals surface area contributed by atoms with Crippen molar-refractivity contribution in [2.24, 2.45) is 0 Å². The topological polar surface area (TPSA) is 71.5 Å². The second-order valence-electron chi connectivity index (χ2n) is 4.54. The van der Waals surface area contributed by atoms with Crippen LogP contribution in [0.4, 0.5) is 5.82 Å². The molecule has 98 valence electrons. The predicted molar refractivity (Wildman–Crippen MR) is 68.0 cm³/mol. The van der Waals surface area contributed by atoms with E-state index in [4.69, 9.17) is 9.84 Å². The molecule has 1 aliphatic heterocycles. The number of rotatable bonds is 5. The molecule has 1 aromatic rings. The molecule has 0 aromatic carbocycles. The van der Waals surface area contributed by atoms with Gasteiger partial charge in [-0.05, 0) is 38.3 Å². The molecule has 2 heterocycles. The van der Waals surface area contributed by atoms with Crippen LogP contribution in [0.1, 0.15) is 35.3 Å². The van der Waals surface area contributed by atoms with E-state index in [9.17, 15) is 4.79 Å². The number of aromatic nitrogens is 1. The van der Waals surface area contributed by atoms with Gasteiger partial charge in [-0.3, -0.25) is 0 Å². The number of carboxylic acids is 1. The van der Waals surface area contributed by atoms with Gasteiger partial charge in [-0.25, -0.2) is 9.78 Å². The molecule has 2 rings (SSSR count). The Morgan fingerprint density at radius 1 is 1.61 bits per heavy atom. The predicted octanol–water partition coefficient (Wildman–Crippen LogP) is 2.07. The van der Waals surface area contributed by atoms with Crippen molar-refractivity contribution >= 4 is 11.8 Å². The third-order valence-corrected chi connectivity index (χ3v) is 3.00. The Labute approximate surface area is 106 Å². The van der Waals surface area contributed by atoms with Crippen molar-refractivity contribution in [3.63, 3.8) is 0 Å². The lowest BCUT2D eigenvalue weighted by atomic mass is 10.2. The van der Waals surface area contributed by atoms with Gasteiger partial charge in [-0.2, -0.15) is 0 Å². The highest BCUT2D eigenvalue weighted by Crippen LogP contribution is 2.16. The zero-order valence-electron chi connectivity index (χ0n) is 10.5. The zero-order chi connectivity index (χ0) is 13.0. The third kappa shape index (κ3) is 3.43. The summed E-state index contributed by atoms with van der Waals surface area (Å²) in [6.45, 7) is 3.40. The summed E-state index contributed by atoms with van der Waals surface area (Å²) in [4.78, 5) is 15.2. The van der Waals surface area contributed by atoms with Gasteiger partial charge < -0.3 is 15.2 Å². The van der Waals surface area contributed by atoms with Gasteiger partial charge in [0, 0.05) is 18.8 Å². The molecule has 0 aliphatic carbocycles. The fourth-order valence-electron chi connectivity index (χ4n) is 2.12. The Kier molecular flexibility index (Phi) is 4.15. The lowest BCUT2D eigenvalue weighted by molar-refractivity contribution is 0.0696. The number of anilines is 1. The van der Waals surface area contributed by atoms with Crippen LogP contribution in [0, 0.1) is 6.92 Å². The van der Waals surface area contributed by atoms with Gasteiger partial charge in [-0.15, -0.1) is 0 Å². The second-order valence-corrected chi connectivity index (χ2v) is 4.54.